The molecule has 4 rings (SSSR count). The normalized spacial score (nSPS) is 18.8. The lowest BCUT2D eigenvalue weighted by atomic mass is 9.94. The number of aromatic amines is 1. The third-order valence-electron chi connectivity index (χ3n) is 6.08. The Morgan fingerprint density at radius 2 is 1.97 bits per heavy atom. The summed E-state index contributed by atoms with van der Waals surface area (Å²) in [5, 5.41) is 13.5. The molecule has 2 N–H and O–H groups in total. The molecule has 3 atom stereocenters. The summed E-state index contributed by atoms with van der Waals surface area (Å²) in [6, 6.07) is 13.9. The van der Waals surface area contributed by atoms with E-state index < -0.39 is 24.2 Å². The maximum atomic E-state index is 14.4. The van der Waals surface area contributed by atoms with Crippen LogP contribution in [-0.4, -0.2) is 50.9 Å². The Balaban J connectivity index is 1.59. The molecule has 7 nitrogen and oxygen atoms in total. The highest BCUT2D eigenvalue weighted by Crippen LogP contribution is 2.31. The van der Waals surface area contributed by atoms with Gasteiger partial charge in [0.1, 0.15) is 12.2 Å². The minimum absolute atomic E-state index is 0.0299. The Hall–Kier alpha value is -3.26. The predicted molar refractivity (Wildman–Crippen MR) is 127 cm³/mol. The average Bonchev–Trinajstić information content (AvgIpc) is 3.47. The number of nitrogens with zero attached hydrogens (tertiary/aromatic N) is 3. The van der Waals surface area contributed by atoms with E-state index in [1.807, 2.05) is 48.5 Å². The quantitative estimate of drug-likeness (QED) is 0.532. The zero-order chi connectivity index (χ0) is 24.2. The highest BCUT2D eigenvalue weighted by atomic mass is 35.5. The molecule has 1 saturated heterocycles. The number of benzene rings is 2. The molecule has 3 aromatic rings. The van der Waals surface area contributed by atoms with Crippen LogP contribution in [0.4, 0.5) is 4.39 Å². The van der Waals surface area contributed by atoms with Crippen LogP contribution in [0.15, 0.2) is 54.7 Å². The van der Waals surface area contributed by atoms with Gasteiger partial charge < -0.3 is 10.2 Å². The number of alkyl halides is 1. The van der Waals surface area contributed by atoms with Crippen molar-refractivity contribution in [2.45, 2.75) is 50.9 Å². The number of carbonyl (C=O) groups excluding carboxylic acids is 2. The Kier molecular flexibility index (Phi) is 7.26. The molecule has 1 fully saturated rings. The number of hydrogen-bond acceptors (Lipinski definition) is 4. The van der Waals surface area contributed by atoms with Gasteiger partial charge in [0, 0.05) is 11.4 Å². The van der Waals surface area contributed by atoms with Gasteiger partial charge in [-0.25, -0.2) is 4.39 Å². The number of amides is 2. The van der Waals surface area contributed by atoms with Crippen molar-refractivity contribution in [3.63, 3.8) is 0 Å². The van der Waals surface area contributed by atoms with E-state index in [9.17, 15) is 14.0 Å². The molecule has 9 heteroatoms. The number of nitrogens with one attached hydrogen (secondary N) is 2. The van der Waals surface area contributed by atoms with Crippen molar-refractivity contribution in [1.29, 1.82) is 0 Å². The molecular weight excluding hydrogens is 457 g/mol. The van der Waals surface area contributed by atoms with Crippen LogP contribution < -0.4 is 5.32 Å². The molecule has 1 aliphatic heterocycles. The molecule has 0 saturated carbocycles. The fourth-order valence-corrected chi connectivity index (χ4v) is 4.72. The zero-order valence-electron chi connectivity index (χ0n) is 19.0. The maximum absolute atomic E-state index is 14.4. The molecular formula is C25H27ClFN5O2. The van der Waals surface area contributed by atoms with Gasteiger partial charge in [-0.2, -0.15) is 0 Å². The Morgan fingerprint density at radius 1 is 1.21 bits per heavy atom. The average molecular weight is 484 g/mol. The van der Waals surface area contributed by atoms with Crippen molar-refractivity contribution in [1.82, 2.24) is 25.6 Å². The van der Waals surface area contributed by atoms with Crippen molar-refractivity contribution >= 4 is 23.4 Å². The molecule has 0 aliphatic carbocycles. The molecule has 2 heterocycles. The molecule has 0 bridgehead atoms. The highest BCUT2D eigenvalue weighted by Gasteiger charge is 2.40. The summed E-state index contributed by atoms with van der Waals surface area (Å²) in [5.41, 5.74) is 3.20. The van der Waals surface area contributed by atoms with Gasteiger partial charge in [-0.1, -0.05) is 73.1 Å². The van der Waals surface area contributed by atoms with E-state index in [1.165, 1.54) is 11.1 Å². The van der Waals surface area contributed by atoms with Gasteiger partial charge in [0.05, 0.1) is 30.9 Å². The number of H-pyrrole nitrogens is 1. The standard InChI is InChI=1S/C25H27ClFN5O2/c1-15(2)20-9-8-17(10-21(20)26)24(16-6-4-3-5-7-16)29-25(34)22-11-18(27)14-32(22)23(33)12-19-13-28-31-30-19/h3-10,13,15,18,22,24H,11-12,14H2,1-2H3,(H,29,34)(H,28,30,31). The first kappa shape index (κ1) is 23.9. The lowest BCUT2D eigenvalue weighted by molar-refractivity contribution is -0.138. The molecule has 178 valence electrons. The summed E-state index contributed by atoms with van der Waals surface area (Å²) in [6.07, 6.45) is 0.0894. The number of rotatable bonds is 7. The number of halogens is 2. The first-order valence-electron chi connectivity index (χ1n) is 11.3. The van der Waals surface area contributed by atoms with Crippen LogP contribution in [0, 0.1) is 0 Å². The number of aromatic nitrogens is 3. The Bertz CT molecular complexity index is 1140. The fraction of sp³-hybridized carbons (Fsp3) is 0.360. The van der Waals surface area contributed by atoms with Gasteiger partial charge in [-0.05, 0) is 28.7 Å². The third kappa shape index (κ3) is 5.28. The first-order chi connectivity index (χ1) is 16.3. The van der Waals surface area contributed by atoms with Crippen LogP contribution in [0.3, 0.4) is 0 Å². The largest absolute Gasteiger partial charge is 0.343 e. The zero-order valence-corrected chi connectivity index (χ0v) is 19.8. The van der Waals surface area contributed by atoms with Crippen molar-refractivity contribution in [2.24, 2.45) is 0 Å². The smallest absolute Gasteiger partial charge is 0.243 e. The van der Waals surface area contributed by atoms with E-state index >= 15 is 0 Å². The summed E-state index contributed by atoms with van der Waals surface area (Å²) >= 11 is 6.54. The van der Waals surface area contributed by atoms with Gasteiger partial charge in [0.2, 0.25) is 11.8 Å². The second-order valence-electron chi connectivity index (χ2n) is 8.84. The third-order valence-corrected chi connectivity index (χ3v) is 6.41. The second-order valence-corrected chi connectivity index (χ2v) is 9.25. The summed E-state index contributed by atoms with van der Waals surface area (Å²) in [7, 11) is 0. The minimum atomic E-state index is -1.27. The van der Waals surface area contributed by atoms with Crippen LogP contribution in [0.2, 0.25) is 5.02 Å². The SMILES string of the molecule is CC(C)c1ccc(C(NC(=O)C2CC(F)CN2C(=O)Cc2cnn[nH]2)c2ccccc2)cc1Cl. The van der Waals surface area contributed by atoms with Crippen molar-refractivity contribution < 1.29 is 14.0 Å². The van der Waals surface area contributed by atoms with Gasteiger partial charge in [-0.3, -0.25) is 14.7 Å². The van der Waals surface area contributed by atoms with Gasteiger partial charge in [-0.15, -0.1) is 5.10 Å². The molecule has 2 amide bonds. The Labute approximate surface area is 202 Å². The fourth-order valence-electron chi connectivity index (χ4n) is 4.31. The molecule has 34 heavy (non-hydrogen) atoms. The van der Waals surface area contributed by atoms with E-state index in [0.29, 0.717) is 10.7 Å². The summed E-state index contributed by atoms with van der Waals surface area (Å²) in [6.45, 7) is 4.01. The van der Waals surface area contributed by atoms with Gasteiger partial charge in [0.15, 0.2) is 0 Å². The molecule has 1 aromatic heterocycles. The summed E-state index contributed by atoms with van der Waals surface area (Å²) in [4.78, 5) is 27.5. The summed E-state index contributed by atoms with van der Waals surface area (Å²) < 4.78 is 14.4. The molecule has 0 spiro atoms. The van der Waals surface area contributed by atoms with Crippen LogP contribution in [0.25, 0.3) is 0 Å². The lowest BCUT2D eigenvalue weighted by Gasteiger charge is -2.27. The van der Waals surface area contributed by atoms with Gasteiger partial charge >= 0.3 is 0 Å². The number of likely N-dealkylation sites (tertiary alicyclic amines) is 1. The topological polar surface area (TPSA) is 91.0 Å². The van der Waals surface area contributed by atoms with Crippen molar-refractivity contribution in [2.75, 3.05) is 6.54 Å². The van der Waals surface area contributed by atoms with E-state index in [1.54, 1.807) is 0 Å². The molecule has 3 unspecified atom stereocenters. The minimum Gasteiger partial charge on any atom is -0.343 e. The van der Waals surface area contributed by atoms with Crippen LogP contribution in [0.5, 0.6) is 0 Å². The van der Waals surface area contributed by atoms with E-state index in [0.717, 1.165) is 16.7 Å². The molecule has 2 aromatic carbocycles. The first-order valence-corrected chi connectivity index (χ1v) is 11.6. The predicted octanol–water partition coefficient (Wildman–Crippen LogP) is 3.97. The van der Waals surface area contributed by atoms with Crippen LogP contribution in [0.1, 0.15) is 54.6 Å². The maximum Gasteiger partial charge on any atom is 0.243 e. The number of carbonyl (C=O) groups is 2. The molecule has 1 aliphatic rings. The van der Waals surface area contributed by atoms with E-state index in [2.05, 4.69) is 34.6 Å². The van der Waals surface area contributed by atoms with Crippen LogP contribution in [-0.2, 0) is 16.0 Å². The Morgan fingerprint density at radius 3 is 2.62 bits per heavy atom. The van der Waals surface area contributed by atoms with E-state index in [-0.39, 0.29) is 31.2 Å². The lowest BCUT2D eigenvalue weighted by Crippen LogP contribution is -2.47. The highest BCUT2D eigenvalue weighted by molar-refractivity contribution is 6.31. The molecule has 0 radical (unpaired) electrons. The monoisotopic (exact) mass is 483 g/mol. The van der Waals surface area contributed by atoms with E-state index in [4.69, 9.17) is 11.6 Å². The summed E-state index contributed by atoms with van der Waals surface area (Å²) in [5.74, 6) is -0.503. The van der Waals surface area contributed by atoms with Gasteiger partial charge in [0.25, 0.3) is 0 Å². The second kappa shape index (κ2) is 10.3. The van der Waals surface area contributed by atoms with Crippen molar-refractivity contribution in [3.8, 4) is 0 Å². The van der Waals surface area contributed by atoms with Crippen molar-refractivity contribution in [3.05, 3.63) is 82.1 Å². The number of hydrogen-bond donors (Lipinski definition) is 2. The van der Waals surface area contributed by atoms with Crippen LogP contribution >= 0.6 is 11.6 Å².